The Kier molecular flexibility index (Phi) is 6.45. The maximum atomic E-state index is 13.1. The Labute approximate surface area is 128 Å². The summed E-state index contributed by atoms with van der Waals surface area (Å²) in [6.45, 7) is 4.85. The minimum absolute atomic E-state index is 0.195. The van der Waals surface area contributed by atoms with E-state index in [1.165, 1.54) is 12.8 Å². The number of carbonyl (C=O) groups excluding carboxylic acids is 1. The summed E-state index contributed by atoms with van der Waals surface area (Å²) < 4.78 is 0. The Bertz CT molecular complexity index is 327. The first kappa shape index (κ1) is 16.7. The number of rotatable bonds is 4. The van der Waals surface area contributed by atoms with Crippen molar-refractivity contribution in [2.75, 3.05) is 45.9 Å². The fourth-order valence-electron chi connectivity index (χ4n) is 3.79. The van der Waals surface area contributed by atoms with Crippen LogP contribution in [-0.2, 0) is 4.79 Å². The maximum absolute atomic E-state index is 13.1. The van der Waals surface area contributed by atoms with Crippen LogP contribution >= 0.6 is 0 Å². The maximum Gasteiger partial charge on any atom is 0.230 e. The lowest BCUT2D eigenvalue weighted by Crippen LogP contribution is -2.49. The second-order valence-corrected chi connectivity index (χ2v) is 6.61. The molecule has 0 unspecified atom stereocenters. The Morgan fingerprint density at radius 1 is 1.00 bits per heavy atom. The molecule has 1 amide bonds. The van der Waals surface area contributed by atoms with E-state index in [1.807, 2.05) is 4.90 Å². The Morgan fingerprint density at radius 2 is 1.71 bits per heavy atom. The van der Waals surface area contributed by atoms with Gasteiger partial charge in [-0.15, -0.1) is 0 Å². The van der Waals surface area contributed by atoms with Crippen LogP contribution in [0, 0.1) is 5.41 Å². The van der Waals surface area contributed by atoms with Gasteiger partial charge in [0.1, 0.15) is 0 Å². The fourth-order valence-corrected chi connectivity index (χ4v) is 3.79. The number of aliphatic hydroxyl groups excluding tert-OH is 1. The van der Waals surface area contributed by atoms with Crippen molar-refractivity contribution < 1.29 is 9.90 Å². The van der Waals surface area contributed by atoms with Crippen LogP contribution < -0.4 is 5.73 Å². The van der Waals surface area contributed by atoms with Crippen molar-refractivity contribution in [1.29, 1.82) is 0 Å². The zero-order valence-corrected chi connectivity index (χ0v) is 13.2. The van der Waals surface area contributed by atoms with Crippen molar-refractivity contribution in [2.24, 2.45) is 11.1 Å². The Balaban J connectivity index is 2.00. The third-order valence-electron chi connectivity index (χ3n) is 5.20. The highest BCUT2D eigenvalue weighted by Gasteiger charge is 2.40. The van der Waals surface area contributed by atoms with Crippen LogP contribution in [0.25, 0.3) is 0 Å². The van der Waals surface area contributed by atoms with Gasteiger partial charge in [-0.1, -0.05) is 25.7 Å². The molecular formula is C16H31N3O2. The van der Waals surface area contributed by atoms with Gasteiger partial charge in [-0.05, 0) is 25.8 Å². The van der Waals surface area contributed by atoms with Crippen LogP contribution in [0.1, 0.15) is 44.9 Å². The van der Waals surface area contributed by atoms with E-state index in [1.54, 1.807) is 0 Å². The normalized spacial score (nSPS) is 24.4. The number of aliphatic hydroxyl groups is 1. The van der Waals surface area contributed by atoms with Crippen LogP contribution in [0.2, 0.25) is 0 Å². The van der Waals surface area contributed by atoms with Gasteiger partial charge < -0.3 is 15.7 Å². The van der Waals surface area contributed by atoms with E-state index in [9.17, 15) is 4.79 Å². The molecule has 0 aromatic heterocycles. The van der Waals surface area contributed by atoms with Crippen LogP contribution in [-0.4, -0.2) is 66.7 Å². The molecule has 1 heterocycles. The summed E-state index contributed by atoms with van der Waals surface area (Å²) in [5, 5.41) is 9.06. The van der Waals surface area contributed by atoms with Crippen molar-refractivity contribution in [3.63, 3.8) is 0 Å². The van der Waals surface area contributed by atoms with Gasteiger partial charge in [-0.2, -0.15) is 0 Å². The summed E-state index contributed by atoms with van der Waals surface area (Å²) >= 11 is 0. The first-order chi connectivity index (χ1) is 10.2. The molecule has 122 valence electrons. The zero-order valence-electron chi connectivity index (χ0n) is 13.2. The van der Waals surface area contributed by atoms with E-state index in [0.717, 1.165) is 58.3 Å². The molecule has 0 aromatic carbocycles. The molecule has 0 aromatic rings. The standard InChI is InChI=1S/C16H31N3O2/c17-14-16(6-3-1-2-4-7-16)15(21)19-9-5-8-18(10-11-19)12-13-20/h20H,1-14,17H2. The van der Waals surface area contributed by atoms with Crippen molar-refractivity contribution in [3.8, 4) is 0 Å². The molecule has 3 N–H and O–H groups in total. The van der Waals surface area contributed by atoms with Gasteiger partial charge in [-0.3, -0.25) is 9.69 Å². The first-order valence-corrected chi connectivity index (χ1v) is 8.54. The second kappa shape index (κ2) is 8.11. The Hall–Kier alpha value is -0.650. The number of carbonyl (C=O) groups is 1. The van der Waals surface area contributed by atoms with Crippen molar-refractivity contribution in [3.05, 3.63) is 0 Å². The molecule has 2 aliphatic rings. The summed E-state index contributed by atoms with van der Waals surface area (Å²) in [6, 6.07) is 0. The average molecular weight is 297 g/mol. The third kappa shape index (κ3) is 4.18. The molecule has 0 spiro atoms. The van der Waals surface area contributed by atoms with Crippen molar-refractivity contribution in [1.82, 2.24) is 9.80 Å². The third-order valence-corrected chi connectivity index (χ3v) is 5.20. The quantitative estimate of drug-likeness (QED) is 0.754. The first-order valence-electron chi connectivity index (χ1n) is 8.54. The molecule has 5 nitrogen and oxygen atoms in total. The summed E-state index contributed by atoms with van der Waals surface area (Å²) in [6.07, 6.45) is 7.64. The number of nitrogens with two attached hydrogens (primary N) is 1. The molecule has 1 saturated carbocycles. The van der Waals surface area contributed by atoms with Gasteiger partial charge in [0.15, 0.2) is 0 Å². The van der Waals surface area contributed by atoms with E-state index in [4.69, 9.17) is 10.8 Å². The van der Waals surface area contributed by atoms with Crippen LogP contribution in [0.4, 0.5) is 0 Å². The van der Waals surface area contributed by atoms with E-state index in [-0.39, 0.29) is 17.9 Å². The predicted octanol–water partition coefficient (Wildman–Crippen LogP) is 0.812. The lowest BCUT2D eigenvalue weighted by atomic mass is 9.79. The average Bonchev–Trinajstić information content (AvgIpc) is 2.88. The summed E-state index contributed by atoms with van der Waals surface area (Å²) in [5.74, 6) is 0.290. The lowest BCUT2D eigenvalue weighted by molar-refractivity contribution is -0.142. The minimum Gasteiger partial charge on any atom is -0.395 e. The summed E-state index contributed by atoms with van der Waals surface area (Å²) in [5.41, 5.74) is 5.74. The minimum atomic E-state index is -0.303. The molecule has 1 aliphatic heterocycles. The highest BCUT2D eigenvalue weighted by atomic mass is 16.3. The molecule has 0 radical (unpaired) electrons. The topological polar surface area (TPSA) is 69.8 Å². The van der Waals surface area contributed by atoms with E-state index in [0.29, 0.717) is 13.1 Å². The number of β-amino-alcohol motifs (C(OH)–C–C–N with tert-alkyl or cyclic N) is 1. The predicted molar refractivity (Wildman–Crippen MR) is 83.9 cm³/mol. The number of hydrogen-bond donors (Lipinski definition) is 2. The van der Waals surface area contributed by atoms with Gasteiger partial charge in [0, 0.05) is 32.7 Å². The number of amides is 1. The van der Waals surface area contributed by atoms with E-state index in [2.05, 4.69) is 4.90 Å². The highest BCUT2D eigenvalue weighted by molar-refractivity contribution is 5.83. The van der Waals surface area contributed by atoms with Gasteiger partial charge in [0.05, 0.1) is 12.0 Å². The second-order valence-electron chi connectivity index (χ2n) is 6.61. The molecule has 2 rings (SSSR count). The molecule has 0 atom stereocenters. The fraction of sp³-hybridized carbons (Fsp3) is 0.938. The van der Waals surface area contributed by atoms with Crippen molar-refractivity contribution >= 4 is 5.91 Å². The molecule has 0 bridgehead atoms. The molecule has 1 saturated heterocycles. The monoisotopic (exact) mass is 297 g/mol. The van der Waals surface area contributed by atoms with Gasteiger partial charge in [0.2, 0.25) is 5.91 Å². The molecule has 2 fully saturated rings. The highest BCUT2D eigenvalue weighted by Crippen LogP contribution is 2.36. The SMILES string of the molecule is NCC1(C(=O)N2CCCN(CCO)CC2)CCCCCC1. The number of hydrogen-bond acceptors (Lipinski definition) is 4. The number of nitrogens with zero attached hydrogens (tertiary/aromatic N) is 2. The van der Waals surface area contributed by atoms with Gasteiger partial charge >= 0.3 is 0 Å². The molecule has 5 heteroatoms. The van der Waals surface area contributed by atoms with Gasteiger partial charge in [0.25, 0.3) is 0 Å². The molecule has 21 heavy (non-hydrogen) atoms. The summed E-state index contributed by atoms with van der Waals surface area (Å²) in [4.78, 5) is 17.3. The molecular weight excluding hydrogens is 266 g/mol. The van der Waals surface area contributed by atoms with Crippen LogP contribution in [0.15, 0.2) is 0 Å². The van der Waals surface area contributed by atoms with Crippen LogP contribution in [0.5, 0.6) is 0 Å². The van der Waals surface area contributed by atoms with Crippen LogP contribution in [0.3, 0.4) is 0 Å². The van der Waals surface area contributed by atoms with Gasteiger partial charge in [-0.25, -0.2) is 0 Å². The van der Waals surface area contributed by atoms with E-state index >= 15 is 0 Å². The molecule has 1 aliphatic carbocycles. The van der Waals surface area contributed by atoms with Crippen molar-refractivity contribution in [2.45, 2.75) is 44.9 Å². The lowest BCUT2D eigenvalue weighted by Gasteiger charge is -2.35. The largest absolute Gasteiger partial charge is 0.395 e. The Morgan fingerprint density at radius 3 is 2.33 bits per heavy atom. The smallest absolute Gasteiger partial charge is 0.230 e. The van der Waals surface area contributed by atoms with E-state index < -0.39 is 0 Å². The summed E-state index contributed by atoms with van der Waals surface area (Å²) in [7, 11) is 0. The zero-order chi connectivity index (χ0) is 15.1.